The molecule has 1 heterocycles. The third kappa shape index (κ3) is 2.98. The van der Waals surface area contributed by atoms with E-state index in [1.165, 1.54) is 5.51 Å². The highest BCUT2D eigenvalue weighted by atomic mass is 32.2. The summed E-state index contributed by atoms with van der Waals surface area (Å²) in [6, 6.07) is 0. The molecule has 0 saturated carbocycles. The molecule has 4 N–H and O–H groups in total. The summed E-state index contributed by atoms with van der Waals surface area (Å²) in [6.45, 7) is 0.535. The van der Waals surface area contributed by atoms with Crippen LogP contribution in [0, 0.1) is 0 Å². The second kappa shape index (κ2) is 5.34. The van der Waals surface area contributed by atoms with Gasteiger partial charge in [-0.1, -0.05) is 0 Å². The molecule has 7 nitrogen and oxygen atoms in total. The number of carboxylic acid groups (broad SMARTS) is 1. The van der Waals surface area contributed by atoms with E-state index in [0.717, 1.165) is 11.3 Å². The summed E-state index contributed by atoms with van der Waals surface area (Å²) in [5.41, 5.74) is 5.94. The lowest BCUT2D eigenvalue weighted by atomic mass is 10.4. The van der Waals surface area contributed by atoms with Gasteiger partial charge < -0.3 is 10.8 Å². The first kappa shape index (κ1) is 13.0. The first-order valence-electron chi connectivity index (χ1n) is 4.35. The number of hydrogen-bond acceptors (Lipinski definition) is 6. The number of nitrogens with two attached hydrogens (primary N) is 1. The second-order valence-corrected chi connectivity index (χ2v) is 5.65. The van der Waals surface area contributed by atoms with Gasteiger partial charge in [0.25, 0.3) is 10.0 Å². The van der Waals surface area contributed by atoms with Crippen LogP contribution in [0.15, 0.2) is 9.72 Å². The Morgan fingerprint density at radius 3 is 2.88 bits per heavy atom. The van der Waals surface area contributed by atoms with Crippen molar-refractivity contribution >= 4 is 27.3 Å². The van der Waals surface area contributed by atoms with E-state index >= 15 is 0 Å². The van der Waals surface area contributed by atoms with Gasteiger partial charge in [0.1, 0.15) is 0 Å². The monoisotopic (exact) mass is 265 g/mol. The maximum atomic E-state index is 11.6. The molecule has 0 spiro atoms. The molecule has 0 aliphatic carbocycles. The zero-order chi connectivity index (χ0) is 12.2. The van der Waals surface area contributed by atoms with E-state index in [-0.39, 0.29) is 10.8 Å². The summed E-state index contributed by atoms with van der Waals surface area (Å²) >= 11 is 0.769. The van der Waals surface area contributed by atoms with Crippen molar-refractivity contribution in [1.29, 1.82) is 0 Å². The first-order valence-corrected chi connectivity index (χ1v) is 6.72. The third-order valence-electron chi connectivity index (χ3n) is 1.65. The Labute approximate surface area is 96.4 Å². The van der Waals surface area contributed by atoms with Gasteiger partial charge in [0.2, 0.25) is 0 Å². The highest BCUT2D eigenvalue weighted by Gasteiger charge is 2.24. The highest BCUT2D eigenvalue weighted by molar-refractivity contribution is 7.91. The molecule has 0 fully saturated rings. The molecule has 1 rings (SSSR count). The van der Waals surface area contributed by atoms with Crippen molar-refractivity contribution in [3.05, 3.63) is 11.2 Å². The Morgan fingerprint density at radius 2 is 2.31 bits per heavy atom. The number of nitrogens with one attached hydrogen (secondary N) is 1. The number of nitrogens with zero attached hydrogens (tertiary/aromatic N) is 1. The van der Waals surface area contributed by atoms with Gasteiger partial charge in [-0.2, -0.15) is 0 Å². The Morgan fingerprint density at radius 1 is 1.62 bits per heavy atom. The normalized spacial score (nSPS) is 11.6. The molecule has 1 aromatic heterocycles. The van der Waals surface area contributed by atoms with Crippen molar-refractivity contribution in [1.82, 2.24) is 9.71 Å². The van der Waals surface area contributed by atoms with Crippen LogP contribution in [0.25, 0.3) is 0 Å². The molecular weight excluding hydrogens is 254 g/mol. The number of aromatic nitrogens is 1. The minimum atomic E-state index is -3.80. The van der Waals surface area contributed by atoms with Gasteiger partial charge in [-0.25, -0.2) is 22.9 Å². The van der Waals surface area contributed by atoms with Crippen LogP contribution in [-0.4, -0.2) is 37.6 Å². The molecule has 0 saturated heterocycles. The number of rotatable bonds is 6. The SMILES string of the molecule is NCCCNS(=O)(=O)c1scnc1C(=O)O. The Bertz CT molecular complexity index is 468. The van der Waals surface area contributed by atoms with Crippen molar-refractivity contribution in [2.45, 2.75) is 10.6 Å². The van der Waals surface area contributed by atoms with E-state index in [1.54, 1.807) is 0 Å². The number of carboxylic acids is 1. The summed E-state index contributed by atoms with van der Waals surface area (Å²) in [6.07, 6.45) is 0.487. The predicted octanol–water partition coefficient (Wildman–Crippen LogP) is -0.532. The molecule has 1 aromatic rings. The number of aromatic carboxylic acids is 1. The van der Waals surface area contributed by atoms with Crippen molar-refractivity contribution in [2.75, 3.05) is 13.1 Å². The predicted molar refractivity (Wildman–Crippen MR) is 57.9 cm³/mol. The maximum Gasteiger partial charge on any atom is 0.356 e. The Kier molecular flexibility index (Phi) is 4.35. The number of thiazole rings is 1. The molecular formula is C7H11N3O4S2. The van der Waals surface area contributed by atoms with Gasteiger partial charge in [0.15, 0.2) is 9.90 Å². The summed E-state index contributed by atoms with van der Waals surface area (Å²) in [4.78, 5) is 14.2. The van der Waals surface area contributed by atoms with Crippen molar-refractivity contribution in [3.8, 4) is 0 Å². The molecule has 0 radical (unpaired) electrons. The average Bonchev–Trinajstić information content (AvgIpc) is 2.66. The maximum absolute atomic E-state index is 11.6. The van der Waals surface area contributed by atoms with Crippen molar-refractivity contribution < 1.29 is 18.3 Å². The fourth-order valence-electron chi connectivity index (χ4n) is 0.943. The van der Waals surface area contributed by atoms with Crippen LogP contribution in [0.2, 0.25) is 0 Å². The Hall–Kier alpha value is -1.03. The number of sulfonamides is 1. The van der Waals surface area contributed by atoms with Crippen LogP contribution >= 0.6 is 11.3 Å². The summed E-state index contributed by atoms with van der Waals surface area (Å²) in [5, 5.41) is 8.72. The molecule has 0 aliphatic rings. The van der Waals surface area contributed by atoms with Crippen LogP contribution in [-0.2, 0) is 10.0 Å². The summed E-state index contributed by atoms with van der Waals surface area (Å²) < 4.78 is 25.3. The minimum Gasteiger partial charge on any atom is -0.476 e. The van der Waals surface area contributed by atoms with Crippen LogP contribution < -0.4 is 10.5 Å². The molecule has 9 heteroatoms. The molecule has 0 atom stereocenters. The largest absolute Gasteiger partial charge is 0.476 e. The van der Waals surface area contributed by atoms with Gasteiger partial charge in [-0.15, -0.1) is 11.3 Å². The lowest BCUT2D eigenvalue weighted by Crippen LogP contribution is -2.26. The molecule has 0 aromatic carbocycles. The van der Waals surface area contributed by atoms with E-state index in [2.05, 4.69) is 9.71 Å². The van der Waals surface area contributed by atoms with Gasteiger partial charge in [-0.05, 0) is 13.0 Å². The second-order valence-electron chi connectivity index (χ2n) is 2.83. The van der Waals surface area contributed by atoms with Gasteiger partial charge >= 0.3 is 5.97 Å². The van der Waals surface area contributed by atoms with E-state index in [9.17, 15) is 13.2 Å². The summed E-state index contributed by atoms with van der Waals surface area (Å²) in [7, 11) is -3.80. The zero-order valence-corrected chi connectivity index (χ0v) is 9.84. The van der Waals surface area contributed by atoms with Crippen LogP contribution in [0.5, 0.6) is 0 Å². The molecule has 0 unspecified atom stereocenters. The van der Waals surface area contributed by atoms with Crippen molar-refractivity contribution in [2.24, 2.45) is 5.73 Å². The molecule has 0 amide bonds. The molecule has 16 heavy (non-hydrogen) atoms. The van der Waals surface area contributed by atoms with E-state index < -0.39 is 21.7 Å². The lowest BCUT2D eigenvalue weighted by Gasteiger charge is -2.03. The average molecular weight is 265 g/mol. The van der Waals surface area contributed by atoms with Crippen LogP contribution in [0.4, 0.5) is 0 Å². The van der Waals surface area contributed by atoms with Gasteiger partial charge in [0, 0.05) is 6.54 Å². The van der Waals surface area contributed by atoms with E-state index in [1.807, 2.05) is 0 Å². The number of hydrogen-bond donors (Lipinski definition) is 3. The third-order valence-corrected chi connectivity index (χ3v) is 4.49. The summed E-state index contributed by atoms with van der Waals surface area (Å²) in [5.74, 6) is -1.36. The first-order chi connectivity index (χ1) is 7.49. The fraction of sp³-hybridized carbons (Fsp3) is 0.429. The fourth-order valence-corrected chi connectivity index (χ4v) is 3.20. The molecule has 90 valence electrons. The van der Waals surface area contributed by atoms with E-state index in [0.29, 0.717) is 13.0 Å². The smallest absolute Gasteiger partial charge is 0.356 e. The highest BCUT2D eigenvalue weighted by Crippen LogP contribution is 2.19. The topological polar surface area (TPSA) is 122 Å². The van der Waals surface area contributed by atoms with Gasteiger partial charge in [0.05, 0.1) is 5.51 Å². The Balaban J connectivity index is 2.90. The number of carbonyl (C=O) groups is 1. The quantitative estimate of drug-likeness (QED) is 0.594. The molecule has 0 bridgehead atoms. The van der Waals surface area contributed by atoms with Gasteiger partial charge in [-0.3, -0.25) is 0 Å². The van der Waals surface area contributed by atoms with Crippen LogP contribution in [0.1, 0.15) is 16.9 Å². The van der Waals surface area contributed by atoms with Crippen molar-refractivity contribution in [3.63, 3.8) is 0 Å². The van der Waals surface area contributed by atoms with Crippen LogP contribution in [0.3, 0.4) is 0 Å². The standard InChI is InChI=1S/C7H11N3O4S2/c8-2-1-3-10-16(13,14)7-5(6(11)12)9-4-15-7/h4,10H,1-3,8H2,(H,11,12). The minimum absolute atomic E-state index is 0.176. The lowest BCUT2D eigenvalue weighted by molar-refractivity contribution is 0.0687. The molecule has 0 aliphatic heterocycles. The zero-order valence-electron chi connectivity index (χ0n) is 8.21. The van der Waals surface area contributed by atoms with E-state index in [4.69, 9.17) is 10.8 Å².